The van der Waals surface area contributed by atoms with Crippen molar-refractivity contribution in [2.75, 3.05) is 31.5 Å². The highest BCUT2D eigenvalue weighted by Gasteiger charge is 2.19. The van der Waals surface area contributed by atoms with Gasteiger partial charge in [-0.15, -0.1) is 0 Å². The van der Waals surface area contributed by atoms with Crippen molar-refractivity contribution in [3.05, 3.63) is 18.5 Å². The third-order valence-corrected chi connectivity index (χ3v) is 3.22. The van der Waals surface area contributed by atoms with Gasteiger partial charge in [-0.3, -0.25) is 15.0 Å². The molecule has 98 valence electrons. The fraction of sp³-hybridized carbons (Fsp3) is 0.583. The van der Waals surface area contributed by atoms with E-state index in [1.807, 2.05) is 0 Å². The van der Waals surface area contributed by atoms with Gasteiger partial charge in [0.2, 0.25) is 11.9 Å². The molecule has 6 heteroatoms. The summed E-state index contributed by atoms with van der Waals surface area (Å²) >= 11 is 0. The van der Waals surface area contributed by atoms with E-state index in [0.29, 0.717) is 18.4 Å². The lowest BCUT2D eigenvalue weighted by atomic mass is 9.97. The van der Waals surface area contributed by atoms with E-state index in [2.05, 4.69) is 20.2 Å². The number of nitrogens with one attached hydrogen (secondary N) is 1. The van der Waals surface area contributed by atoms with Crippen molar-refractivity contribution in [1.29, 1.82) is 0 Å². The summed E-state index contributed by atoms with van der Waals surface area (Å²) in [4.78, 5) is 21.8. The lowest BCUT2D eigenvalue weighted by molar-refractivity contribution is -0.117. The summed E-state index contributed by atoms with van der Waals surface area (Å²) in [5, 5.41) is 2.69. The molecule has 0 radical (unpaired) electrons. The van der Waals surface area contributed by atoms with Crippen LogP contribution in [0.1, 0.15) is 12.8 Å². The molecular formula is C12H19N5O. The highest BCUT2D eigenvalue weighted by Crippen LogP contribution is 2.15. The number of hydrogen-bond acceptors (Lipinski definition) is 5. The normalized spacial score (nSPS) is 17.6. The fourth-order valence-corrected chi connectivity index (χ4v) is 2.11. The second-order valence-electron chi connectivity index (χ2n) is 4.58. The Morgan fingerprint density at radius 1 is 1.39 bits per heavy atom. The number of aromatic nitrogens is 2. The number of hydrogen-bond donors (Lipinski definition) is 2. The zero-order valence-electron chi connectivity index (χ0n) is 10.4. The van der Waals surface area contributed by atoms with Gasteiger partial charge in [-0.05, 0) is 44.5 Å². The molecule has 0 atom stereocenters. The van der Waals surface area contributed by atoms with Crippen LogP contribution in [0.15, 0.2) is 18.5 Å². The summed E-state index contributed by atoms with van der Waals surface area (Å²) < 4.78 is 0. The molecule has 1 aliphatic heterocycles. The zero-order valence-corrected chi connectivity index (χ0v) is 10.4. The molecule has 0 saturated carbocycles. The second kappa shape index (κ2) is 6.42. The third-order valence-electron chi connectivity index (χ3n) is 3.22. The maximum atomic E-state index is 11.8. The second-order valence-corrected chi connectivity index (χ2v) is 4.58. The van der Waals surface area contributed by atoms with Crippen molar-refractivity contribution in [2.45, 2.75) is 12.8 Å². The van der Waals surface area contributed by atoms with E-state index in [-0.39, 0.29) is 5.91 Å². The minimum atomic E-state index is -0.0626. The SMILES string of the molecule is NCC1CCN(CC(=O)Nc2ncccn2)CC1. The number of likely N-dealkylation sites (tertiary alicyclic amines) is 1. The van der Waals surface area contributed by atoms with Gasteiger partial charge in [-0.2, -0.15) is 0 Å². The van der Waals surface area contributed by atoms with Gasteiger partial charge in [0.25, 0.3) is 0 Å². The first-order chi connectivity index (χ1) is 8.78. The quantitative estimate of drug-likeness (QED) is 0.790. The van der Waals surface area contributed by atoms with E-state index in [1.165, 1.54) is 0 Å². The fourth-order valence-electron chi connectivity index (χ4n) is 2.11. The number of amides is 1. The largest absolute Gasteiger partial charge is 0.330 e. The van der Waals surface area contributed by atoms with Gasteiger partial charge in [0.1, 0.15) is 0 Å². The number of anilines is 1. The van der Waals surface area contributed by atoms with Crippen molar-refractivity contribution in [3.63, 3.8) is 0 Å². The van der Waals surface area contributed by atoms with Crippen LogP contribution in [0.25, 0.3) is 0 Å². The van der Waals surface area contributed by atoms with Crippen LogP contribution >= 0.6 is 0 Å². The molecule has 3 N–H and O–H groups in total. The maximum Gasteiger partial charge on any atom is 0.240 e. The Balaban J connectivity index is 1.75. The number of nitrogens with two attached hydrogens (primary N) is 1. The minimum absolute atomic E-state index is 0.0626. The van der Waals surface area contributed by atoms with Crippen LogP contribution < -0.4 is 11.1 Å². The Morgan fingerprint density at radius 2 is 2.06 bits per heavy atom. The summed E-state index contributed by atoms with van der Waals surface area (Å²) in [5.41, 5.74) is 5.64. The van der Waals surface area contributed by atoms with Crippen molar-refractivity contribution >= 4 is 11.9 Å². The summed E-state index contributed by atoms with van der Waals surface area (Å²) in [6.07, 6.45) is 5.36. The number of carbonyl (C=O) groups excluding carboxylic acids is 1. The van der Waals surface area contributed by atoms with Gasteiger partial charge in [-0.1, -0.05) is 0 Å². The highest BCUT2D eigenvalue weighted by atomic mass is 16.2. The molecule has 1 amide bonds. The standard InChI is InChI=1S/C12H19N5O/c13-8-10-2-6-17(7-3-10)9-11(18)16-12-14-4-1-5-15-12/h1,4-5,10H,2-3,6-9,13H2,(H,14,15,16,18). The van der Waals surface area contributed by atoms with Crippen LogP contribution in [-0.2, 0) is 4.79 Å². The Labute approximate surface area is 107 Å². The van der Waals surface area contributed by atoms with Crippen molar-refractivity contribution in [1.82, 2.24) is 14.9 Å². The van der Waals surface area contributed by atoms with E-state index >= 15 is 0 Å². The topological polar surface area (TPSA) is 84.1 Å². The summed E-state index contributed by atoms with van der Waals surface area (Å²) in [7, 11) is 0. The molecule has 2 heterocycles. The lowest BCUT2D eigenvalue weighted by Gasteiger charge is -2.30. The number of carbonyl (C=O) groups is 1. The van der Waals surface area contributed by atoms with Gasteiger partial charge in [-0.25, -0.2) is 9.97 Å². The smallest absolute Gasteiger partial charge is 0.240 e. The molecular weight excluding hydrogens is 230 g/mol. The molecule has 1 aromatic heterocycles. The monoisotopic (exact) mass is 249 g/mol. The van der Waals surface area contributed by atoms with Crippen LogP contribution in [0.4, 0.5) is 5.95 Å². The number of rotatable bonds is 4. The molecule has 6 nitrogen and oxygen atoms in total. The van der Waals surface area contributed by atoms with Crippen molar-refractivity contribution in [3.8, 4) is 0 Å². The Bertz CT molecular complexity index is 375. The molecule has 0 unspecified atom stereocenters. The predicted molar refractivity (Wildman–Crippen MR) is 68.9 cm³/mol. The van der Waals surface area contributed by atoms with Crippen molar-refractivity contribution < 1.29 is 4.79 Å². The van der Waals surface area contributed by atoms with Crippen LogP contribution in [0, 0.1) is 5.92 Å². The molecule has 1 saturated heterocycles. The van der Waals surface area contributed by atoms with Gasteiger partial charge in [0, 0.05) is 12.4 Å². The van der Waals surface area contributed by atoms with Gasteiger partial charge >= 0.3 is 0 Å². The molecule has 18 heavy (non-hydrogen) atoms. The molecule has 0 aliphatic carbocycles. The predicted octanol–water partition coefficient (Wildman–Crippen LogP) is 0.0858. The third kappa shape index (κ3) is 3.75. The summed E-state index contributed by atoms with van der Waals surface area (Å²) in [6, 6.07) is 1.72. The number of piperidine rings is 1. The first-order valence-corrected chi connectivity index (χ1v) is 6.27. The highest BCUT2D eigenvalue weighted by molar-refractivity contribution is 5.90. The van der Waals surface area contributed by atoms with E-state index in [9.17, 15) is 4.79 Å². The van der Waals surface area contributed by atoms with Gasteiger partial charge in [0.15, 0.2) is 0 Å². The van der Waals surface area contributed by atoms with Gasteiger partial charge < -0.3 is 5.73 Å². The first-order valence-electron chi connectivity index (χ1n) is 6.27. The first kappa shape index (κ1) is 12.9. The lowest BCUT2D eigenvalue weighted by Crippen LogP contribution is -2.40. The molecule has 1 aromatic rings. The molecule has 1 aliphatic rings. The van der Waals surface area contributed by atoms with E-state index in [1.54, 1.807) is 18.5 Å². The minimum Gasteiger partial charge on any atom is -0.330 e. The molecule has 0 spiro atoms. The van der Waals surface area contributed by atoms with Gasteiger partial charge in [0.05, 0.1) is 6.54 Å². The van der Waals surface area contributed by atoms with E-state index in [4.69, 9.17) is 5.73 Å². The summed E-state index contributed by atoms with van der Waals surface area (Å²) in [5.74, 6) is 0.911. The van der Waals surface area contributed by atoms with E-state index in [0.717, 1.165) is 32.5 Å². The average Bonchev–Trinajstić information content (AvgIpc) is 2.40. The molecule has 0 aromatic carbocycles. The average molecular weight is 249 g/mol. The van der Waals surface area contributed by atoms with Crippen LogP contribution in [0.5, 0.6) is 0 Å². The molecule has 0 bridgehead atoms. The zero-order chi connectivity index (χ0) is 12.8. The Kier molecular flexibility index (Phi) is 4.60. The van der Waals surface area contributed by atoms with Crippen LogP contribution in [0.3, 0.4) is 0 Å². The summed E-state index contributed by atoms with van der Waals surface area (Å²) in [6.45, 7) is 3.02. The van der Waals surface area contributed by atoms with Crippen LogP contribution in [-0.4, -0.2) is 47.0 Å². The molecule has 2 rings (SSSR count). The van der Waals surface area contributed by atoms with E-state index < -0.39 is 0 Å². The number of nitrogens with zero attached hydrogens (tertiary/aromatic N) is 3. The van der Waals surface area contributed by atoms with Crippen LogP contribution in [0.2, 0.25) is 0 Å². The Morgan fingerprint density at radius 3 is 2.67 bits per heavy atom. The Hall–Kier alpha value is -1.53. The maximum absolute atomic E-state index is 11.8. The van der Waals surface area contributed by atoms with Crippen molar-refractivity contribution in [2.24, 2.45) is 11.7 Å². The molecule has 1 fully saturated rings.